The van der Waals surface area contributed by atoms with E-state index in [0.29, 0.717) is 27.1 Å². The fourth-order valence-corrected chi connectivity index (χ4v) is 1.99. The van der Waals surface area contributed by atoms with Crippen LogP contribution in [0.25, 0.3) is 0 Å². The number of carbonyl (C=O) groups excluding carboxylic acids is 1. The normalized spacial score (nSPS) is 9.65. The third-order valence-corrected chi connectivity index (χ3v) is 3.26. The summed E-state index contributed by atoms with van der Waals surface area (Å²) in [4.78, 5) is 12.1. The lowest BCUT2D eigenvalue weighted by Gasteiger charge is -2.08. The number of ether oxygens (including phenoxy) is 2. The van der Waals surface area contributed by atoms with Crippen LogP contribution in [0.5, 0.6) is 11.5 Å². The van der Waals surface area contributed by atoms with E-state index in [-0.39, 0.29) is 0 Å². The molecular weight excluding hydrogens is 322 g/mol. The van der Waals surface area contributed by atoms with Gasteiger partial charge in [-0.05, 0) is 52.3 Å². The van der Waals surface area contributed by atoms with Gasteiger partial charge in [-0.2, -0.15) is 5.26 Å². The van der Waals surface area contributed by atoms with Gasteiger partial charge in [0, 0.05) is 4.47 Å². The quantitative estimate of drug-likeness (QED) is 0.637. The van der Waals surface area contributed by atoms with E-state index in [4.69, 9.17) is 14.7 Å². The fourth-order valence-electron chi connectivity index (χ4n) is 1.58. The first kappa shape index (κ1) is 14.1. The average Bonchev–Trinajstić information content (AvgIpc) is 2.47. The molecular formula is C15H10BrNO3. The Balaban J connectivity index is 2.26. The molecule has 0 bridgehead atoms. The van der Waals surface area contributed by atoms with Crippen molar-refractivity contribution in [1.29, 1.82) is 5.26 Å². The summed E-state index contributed by atoms with van der Waals surface area (Å²) >= 11 is 3.29. The number of benzene rings is 2. The van der Waals surface area contributed by atoms with Gasteiger partial charge in [0.25, 0.3) is 0 Å². The van der Waals surface area contributed by atoms with Crippen molar-refractivity contribution < 1.29 is 14.3 Å². The van der Waals surface area contributed by atoms with E-state index in [1.807, 2.05) is 6.07 Å². The second-order valence-corrected chi connectivity index (χ2v) is 4.73. The van der Waals surface area contributed by atoms with Gasteiger partial charge in [0.1, 0.15) is 11.5 Å². The van der Waals surface area contributed by atoms with E-state index in [2.05, 4.69) is 15.9 Å². The van der Waals surface area contributed by atoms with Crippen LogP contribution in [-0.4, -0.2) is 13.1 Å². The number of rotatable bonds is 3. The number of halogens is 1. The fraction of sp³-hybridized carbons (Fsp3) is 0.0667. The summed E-state index contributed by atoms with van der Waals surface area (Å²) in [6.07, 6.45) is 0. The summed E-state index contributed by atoms with van der Waals surface area (Å²) < 4.78 is 10.9. The number of methoxy groups -OCH3 is 1. The molecule has 2 rings (SSSR count). The lowest BCUT2D eigenvalue weighted by molar-refractivity contribution is 0.0733. The first-order chi connectivity index (χ1) is 9.63. The Hall–Kier alpha value is -2.32. The molecule has 0 unspecified atom stereocenters. The smallest absolute Gasteiger partial charge is 0.344 e. The molecule has 20 heavy (non-hydrogen) atoms. The molecule has 0 N–H and O–H groups in total. The Morgan fingerprint density at radius 3 is 2.70 bits per heavy atom. The van der Waals surface area contributed by atoms with E-state index in [9.17, 15) is 4.79 Å². The van der Waals surface area contributed by atoms with Crippen LogP contribution in [-0.2, 0) is 0 Å². The Morgan fingerprint density at radius 1 is 1.20 bits per heavy atom. The van der Waals surface area contributed by atoms with Crippen LogP contribution in [0.15, 0.2) is 46.9 Å². The van der Waals surface area contributed by atoms with Gasteiger partial charge < -0.3 is 9.47 Å². The molecule has 2 aromatic carbocycles. The van der Waals surface area contributed by atoms with E-state index in [1.165, 1.54) is 13.2 Å². The molecule has 0 amide bonds. The van der Waals surface area contributed by atoms with E-state index in [1.54, 1.807) is 36.4 Å². The van der Waals surface area contributed by atoms with Crippen molar-refractivity contribution in [2.24, 2.45) is 0 Å². The van der Waals surface area contributed by atoms with Gasteiger partial charge in [-0.15, -0.1) is 0 Å². The van der Waals surface area contributed by atoms with Crippen LogP contribution in [0.2, 0.25) is 0 Å². The predicted molar refractivity (Wildman–Crippen MR) is 76.8 cm³/mol. The summed E-state index contributed by atoms with van der Waals surface area (Å²) in [7, 11) is 1.52. The SMILES string of the molecule is COc1ccc(Br)c(C(=O)Oc2cccc(C#N)c2)c1. The molecule has 0 aliphatic heterocycles. The maximum atomic E-state index is 12.1. The lowest BCUT2D eigenvalue weighted by Crippen LogP contribution is -2.09. The van der Waals surface area contributed by atoms with Crippen LogP contribution in [0.4, 0.5) is 0 Å². The summed E-state index contributed by atoms with van der Waals surface area (Å²) in [5, 5.41) is 8.81. The summed E-state index contributed by atoms with van der Waals surface area (Å²) in [5.74, 6) is 0.362. The largest absolute Gasteiger partial charge is 0.497 e. The molecule has 2 aromatic rings. The van der Waals surface area contributed by atoms with E-state index < -0.39 is 5.97 Å². The van der Waals surface area contributed by atoms with Gasteiger partial charge in [0.2, 0.25) is 0 Å². The number of hydrogen-bond acceptors (Lipinski definition) is 4. The first-order valence-electron chi connectivity index (χ1n) is 5.70. The monoisotopic (exact) mass is 331 g/mol. The van der Waals surface area contributed by atoms with Crippen LogP contribution >= 0.6 is 15.9 Å². The highest BCUT2D eigenvalue weighted by Gasteiger charge is 2.14. The number of nitriles is 1. The molecule has 0 fully saturated rings. The molecule has 0 aliphatic carbocycles. The van der Waals surface area contributed by atoms with Gasteiger partial charge in [-0.3, -0.25) is 0 Å². The van der Waals surface area contributed by atoms with Crippen LogP contribution in [0.3, 0.4) is 0 Å². The highest BCUT2D eigenvalue weighted by molar-refractivity contribution is 9.10. The van der Waals surface area contributed by atoms with Crippen molar-refractivity contribution in [3.05, 3.63) is 58.1 Å². The minimum absolute atomic E-state index is 0.323. The minimum atomic E-state index is -0.522. The van der Waals surface area contributed by atoms with Crippen LogP contribution in [0.1, 0.15) is 15.9 Å². The van der Waals surface area contributed by atoms with Crippen LogP contribution < -0.4 is 9.47 Å². The van der Waals surface area contributed by atoms with Crippen molar-refractivity contribution in [2.75, 3.05) is 7.11 Å². The molecule has 0 atom stereocenters. The molecule has 0 heterocycles. The van der Waals surface area contributed by atoms with Crippen molar-refractivity contribution >= 4 is 21.9 Å². The predicted octanol–water partition coefficient (Wildman–Crippen LogP) is 3.55. The molecule has 0 aliphatic rings. The van der Waals surface area contributed by atoms with Gasteiger partial charge in [0.15, 0.2) is 0 Å². The molecule has 0 saturated carbocycles. The van der Waals surface area contributed by atoms with E-state index in [0.717, 1.165) is 0 Å². The van der Waals surface area contributed by atoms with Gasteiger partial charge in [0.05, 0.1) is 24.3 Å². The molecule has 5 heteroatoms. The van der Waals surface area contributed by atoms with Crippen molar-refractivity contribution in [2.45, 2.75) is 0 Å². The Labute approximate surface area is 124 Å². The number of nitrogens with zero attached hydrogens (tertiary/aromatic N) is 1. The second kappa shape index (κ2) is 6.22. The standard InChI is InChI=1S/C15H10BrNO3/c1-19-11-5-6-14(16)13(8-11)15(18)20-12-4-2-3-10(7-12)9-17/h2-8H,1H3. The van der Waals surface area contributed by atoms with Gasteiger partial charge in [-0.1, -0.05) is 6.07 Å². The Kier molecular flexibility index (Phi) is 4.38. The van der Waals surface area contributed by atoms with Gasteiger partial charge in [-0.25, -0.2) is 4.79 Å². The first-order valence-corrected chi connectivity index (χ1v) is 6.49. The summed E-state index contributed by atoms with van der Waals surface area (Å²) in [6, 6.07) is 13.4. The zero-order chi connectivity index (χ0) is 14.5. The third-order valence-electron chi connectivity index (χ3n) is 2.57. The lowest BCUT2D eigenvalue weighted by atomic mass is 10.2. The molecule has 0 aromatic heterocycles. The minimum Gasteiger partial charge on any atom is -0.497 e. The van der Waals surface area contributed by atoms with Crippen molar-refractivity contribution in [1.82, 2.24) is 0 Å². The third kappa shape index (κ3) is 3.16. The number of hydrogen-bond donors (Lipinski definition) is 0. The maximum absolute atomic E-state index is 12.1. The topological polar surface area (TPSA) is 59.3 Å². The highest BCUT2D eigenvalue weighted by atomic mass is 79.9. The van der Waals surface area contributed by atoms with Crippen LogP contribution in [0, 0.1) is 11.3 Å². The molecule has 0 radical (unpaired) electrons. The second-order valence-electron chi connectivity index (χ2n) is 3.87. The zero-order valence-electron chi connectivity index (χ0n) is 10.6. The van der Waals surface area contributed by atoms with Crippen molar-refractivity contribution in [3.8, 4) is 17.6 Å². The summed E-state index contributed by atoms with van der Waals surface area (Å²) in [6.45, 7) is 0. The average molecular weight is 332 g/mol. The number of esters is 1. The molecule has 4 nitrogen and oxygen atoms in total. The zero-order valence-corrected chi connectivity index (χ0v) is 12.2. The molecule has 0 saturated heterocycles. The number of carbonyl (C=O) groups is 1. The van der Waals surface area contributed by atoms with E-state index >= 15 is 0 Å². The maximum Gasteiger partial charge on any atom is 0.344 e. The Morgan fingerprint density at radius 2 is 2.00 bits per heavy atom. The highest BCUT2D eigenvalue weighted by Crippen LogP contribution is 2.24. The Bertz CT molecular complexity index is 692. The van der Waals surface area contributed by atoms with Gasteiger partial charge >= 0.3 is 5.97 Å². The van der Waals surface area contributed by atoms with Crippen molar-refractivity contribution in [3.63, 3.8) is 0 Å². The summed E-state index contributed by atoms with van der Waals surface area (Å²) in [5.41, 5.74) is 0.784. The molecule has 100 valence electrons. The molecule has 0 spiro atoms.